The third-order valence-electron chi connectivity index (χ3n) is 10.3. The van der Waals surface area contributed by atoms with E-state index in [1.165, 1.54) is 12.8 Å². The van der Waals surface area contributed by atoms with Crippen LogP contribution in [0.2, 0.25) is 0 Å². The van der Waals surface area contributed by atoms with Crippen LogP contribution in [0.15, 0.2) is 24.3 Å². The molecule has 13 heteroatoms. The van der Waals surface area contributed by atoms with Crippen LogP contribution >= 0.6 is 0 Å². The van der Waals surface area contributed by atoms with Crippen molar-refractivity contribution in [3.8, 4) is 0 Å². The third kappa shape index (κ3) is 5.96. The van der Waals surface area contributed by atoms with Gasteiger partial charge in [0.15, 0.2) is 0 Å². The molecule has 2 aliphatic carbocycles. The van der Waals surface area contributed by atoms with Crippen LogP contribution in [0.4, 0.5) is 31.9 Å². The zero-order chi connectivity index (χ0) is 30.7. The molecule has 0 atom stereocenters. The summed E-state index contributed by atoms with van der Waals surface area (Å²) in [5.74, 6) is -2.44. The normalized spacial score (nSPS) is 23.6. The Kier molecular flexibility index (Phi) is 7.26. The fourth-order valence-electron chi connectivity index (χ4n) is 6.79. The molecule has 1 amide bonds. The Morgan fingerprint density at radius 2 is 1.57 bits per heavy atom. The summed E-state index contributed by atoms with van der Waals surface area (Å²) >= 11 is 0. The lowest BCUT2D eigenvalue weighted by Gasteiger charge is -2.35. The first-order valence-electron chi connectivity index (χ1n) is 15.9. The van der Waals surface area contributed by atoms with Crippen molar-refractivity contribution in [2.24, 2.45) is 5.41 Å². The number of amides is 1. The molecule has 3 aliphatic heterocycles. The number of hydrogen-bond acceptors (Lipinski definition) is 8. The van der Waals surface area contributed by atoms with Gasteiger partial charge in [-0.25, -0.2) is 22.2 Å². The molecule has 2 N–H and O–H groups in total. The maximum absolute atomic E-state index is 13.8. The van der Waals surface area contributed by atoms with Crippen molar-refractivity contribution in [3.63, 3.8) is 0 Å². The maximum atomic E-state index is 13.8. The number of anilines is 4. The molecule has 238 valence electrons. The molecular formula is C31H41F2N7O3S. The second-order valence-corrected chi connectivity index (χ2v) is 15.7. The van der Waals surface area contributed by atoms with Gasteiger partial charge in [0, 0.05) is 57.3 Å². The SMILES string of the molecule is Cc1cc(NC(=O)c2ccc(NS(=O)(=O)C3(CN4CCC4)CC3)cc2N2CCC3(CC2)CC3)nc(N2CCC(F)(F)CC2)n1. The minimum absolute atomic E-state index is 0.140. The number of halogens is 2. The topological polar surface area (TPSA) is 111 Å². The van der Waals surface area contributed by atoms with Gasteiger partial charge in [0.2, 0.25) is 16.0 Å². The molecule has 5 fully saturated rings. The Balaban J connectivity index is 1.13. The molecule has 5 aliphatic rings. The Hall–Kier alpha value is -3.06. The van der Waals surface area contributed by atoms with Gasteiger partial charge in [0.25, 0.3) is 11.8 Å². The highest BCUT2D eigenvalue weighted by Gasteiger charge is 2.56. The fourth-order valence-corrected chi connectivity index (χ4v) is 8.43. The second-order valence-electron chi connectivity index (χ2n) is 13.6. The van der Waals surface area contributed by atoms with Gasteiger partial charge in [0.05, 0.1) is 16.9 Å². The van der Waals surface area contributed by atoms with Crippen molar-refractivity contribution in [2.75, 3.05) is 65.7 Å². The monoisotopic (exact) mass is 629 g/mol. The van der Waals surface area contributed by atoms with E-state index < -0.39 is 20.7 Å². The van der Waals surface area contributed by atoms with Gasteiger partial charge < -0.3 is 20.0 Å². The van der Waals surface area contributed by atoms with Gasteiger partial charge >= 0.3 is 0 Å². The molecule has 0 unspecified atom stereocenters. The number of alkyl halides is 2. The Labute approximate surface area is 257 Å². The van der Waals surface area contributed by atoms with Crippen molar-refractivity contribution in [2.45, 2.75) is 75.4 Å². The first-order chi connectivity index (χ1) is 20.9. The van der Waals surface area contributed by atoms with Crippen LogP contribution in [0.1, 0.15) is 73.8 Å². The largest absolute Gasteiger partial charge is 0.371 e. The molecule has 4 heterocycles. The van der Waals surface area contributed by atoms with Gasteiger partial charge in [-0.15, -0.1) is 0 Å². The smallest absolute Gasteiger partial charge is 0.258 e. The van der Waals surface area contributed by atoms with Crippen LogP contribution in [0.25, 0.3) is 0 Å². The van der Waals surface area contributed by atoms with Crippen LogP contribution < -0.4 is 19.8 Å². The van der Waals surface area contributed by atoms with E-state index in [-0.39, 0.29) is 31.8 Å². The molecule has 44 heavy (non-hydrogen) atoms. The number of sulfonamides is 1. The number of piperidine rings is 2. The number of benzene rings is 1. The number of carbonyl (C=O) groups is 1. The quantitative estimate of drug-likeness (QED) is 0.413. The van der Waals surface area contributed by atoms with E-state index in [1.54, 1.807) is 36.1 Å². The van der Waals surface area contributed by atoms with Crippen molar-refractivity contribution in [1.82, 2.24) is 14.9 Å². The van der Waals surface area contributed by atoms with E-state index in [9.17, 15) is 22.0 Å². The minimum atomic E-state index is -3.62. The highest BCUT2D eigenvalue weighted by molar-refractivity contribution is 7.94. The summed E-state index contributed by atoms with van der Waals surface area (Å²) in [6.45, 7) is 6.11. The number of aromatic nitrogens is 2. The van der Waals surface area contributed by atoms with Crippen molar-refractivity contribution in [3.05, 3.63) is 35.5 Å². The number of nitrogens with one attached hydrogen (secondary N) is 2. The molecule has 0 bridgehead atoms. The predicted octanol–water partition coefficient (Wildman–Crippen LogP) is 4.63. The Morgan fingerprint density at radius 1 is 0.886 bits per heavy atom. The van der Waals surface area contributed by atoms with Crippen LogP contribution in [0.5, 0.6) is 0 Å². The van der Waals surface area contributed by atoms with Crippen molar-refractivity contribution < 1.29 is 22.0 Å². The molecule has 7 rings (SSSR count). The van der Waals surface area contributed by atoms with Gasteiger partial charge in [-0.1, -0.05) is 0 Å². The van der Waals surface area contributed by atoms with Gasteiger partial charge in [-0.05, 0) is 88.6 Å². The van der Waals surface area contributed by atoms with Crippen LogP contribution in [0, 0.1) is 12.3 Å². The van der Waals surface area contributed by atoms with Crippen LogP contribution in [0.3, 0.4) is 0 Å². The lowest BCUT2D eigenvalue weighted by atomic mass is 9.93. The van der Waals surface area contributed by atoms with Crippen LogP contribution in [-0.4, -0.2) is 85.7 Å². The van der Waals surface area contributed by atoms with Crippen molar-refractivity contribution >= 4 is 39.1 Å². The lowest BCUT2D eigenvalue weighted by Crippen LogP contribution is -2.47. The Morgan fingerprint density at radius 3 is 2.18 bits per heavy atom. The van der Waals surface area contributed by atoms with Gasteiger partial charge in [0.1, 0.15) is 10.6 Å². The average molecular weight is 630 g/mol. The summed E-state index contributed by atoms with van der Waals surface area (Å²) in [5, 5.41) is 2.90. The Bertz CT molecular complexity index is 1540. The number of likely N-dealkylation sites (tertiary alicyclic amines) is 1. The average Bonchev–Trinajstić information content (AvgIpc) is 3.88. The predicted molar refractivity (Wildman–Crippen MR) is 166 cm³/mol. The summed E-state index contributed by atoms with van der Waals surface area (Å²) in [6.07, 6.45) is 6.48. The number of aryl methyl sites for hydroxylation is 1. The number of rotatable bonds is 9. The molecule has 1 aromatic carbocycles. The van der Waals surface area contributed by atoms with E-state index in [4.69, 9.17) is 0 Å². The van der Waals surface area contributed by atoms with E-state index in [0.29, 0.717) is 59.2 Å². The standard InChI is InChI=1S/C31H41F2N7O3S/c1-22-19-26(36-28(34-22)40-17-11-31(32,33)12-18-40)35-27(41)24-4-3-23(20-25(24)39-15-9-29(5-6-29)10-16-39)37-44(42,43)30(7-8-30)21-38-13-2-14-38/h3-4,19-20,37H,2,5-18,21H2,1H3,(H,34,35,36,41). The lowest BCUT2D eigenvalue weighted by molar-refractivity contribution is -0.0222. The van der Waals surface area contributed by atoms with E-state index >= 15 is 0 Å². The summed E-state index contributed by atoms with van der Waals surface area (Å²) in [5.41, 5.74) is 2.62. The number of nitrogens with zero attached hydrogens (tertiary/aromatic N) is 5. The summed E-state index contributed by atoms with van der Waals surface area (Å²) in [4.78, 5) is 28.8. The molecule has 0 radical (unpaired) electrons. The van der Waals surface area contributed by atoms with Gasteiger partial charge in [-0.2, -0.15) is 4.98 Å². The molecule has 2 saturated carbocycles. The maximum Gasteiger partial charge on any atom is 0.258 e. The molecular weight excluding hydrogens is 588 g/mol. The summed E-state index contributed by atoms with van der Waals surface area (Å²) < 4.78 is 56.7. The summed E-state index contributed by atoms with van der Waals surface area (Å²) in [7, 11) is -3.62. The van der Waals surface area contributed by atoms with E-state index in [1.807, 2.05) is 0 Å². The second kappa shape index (κ2) is 10.8. The highest BCUT2D eigenvalue weighted by atomic mass is 32.2. The van der Waals surface area contributed by atoms with E-state index in [2.05, 4.69) is 29.8 Å². The molecule has 1 spiro atoms. The first kappa shape index (κ1) is 29.6. The number of hydrogen-bond donors (Lipinski definition) is 2. The zero-order valence-corrected chi connectivity index (χ0v) is 26.1. The zero-order valence-electron chi connectivity index (χ0n) is 25.2. The van der Waals surface area contributed by atoms with Crippen molar-refractivity contribution in [1.29, 1.82) is 0 Å². The third-order valence-corrected chi connectivity index (χ3v) is 12.5. The summed E-state index contributed by atoms with van der Waals surface area (Å²) in [6, 6.07) is 6.79. The van der Waals surface area contributed by atoms with E-state index in [0.717, 1.165) is 45.4 Å². The first-order valence-corrected chi connectivity index (χ1v) is 17.4. The fraction of sp³-hybridized carbons (Fsp3) is 0.645. The molecule has 10 nitrogen and oxygen atoms in total. The van der Waals surface area contributed by atoms with Crippen LogP contribution in [-0.2, 0) is 10.0 Å². The van der Waals surface area contributed by atoms with Gasteiger partial charge in [-0.3, -0.25) is 9.52 Å². The molecule has 2 aromatic rings. The minimum Gasteiger partial charge on any atom is -0.371 e. The molecule has 3 saturated heterocycles. The molecule has 1 aromatic heterocycles. The highest BCUT2D eigenvalue weighted by Crippen LogP contribution is 2.54. The number of carbonyl (C=O) groups excluding carboxylic acids is 1.